The summed E-state index contributed by atoms with van der Waals surface area (Å²) in [6, 6.07) is 0. The third-order valence-corrected chi connectivity index (χ3v) is 5.01. The molecular formula is C15H24O3. The number of ketones is 1. The number of Topliss-reactive ketones (excluding diaryl/α,β-unsaturated/α-hetero) is 1. The molecule has 3 heteroatoms. The summed E-state index contributed by atoms with van der Waals surface area (Å²) in [7, 11) is 0. The lowest BCUT2D eigenvalue weighted by atomic mass is 9.74. The number of fused-ring (bicyclic) bond motifs is 1. The zero-order valence-electron chi connectivity index (χ0n) is 11.8. The normalized spacial score (nSPS) is 44.8. The molecule has 0 amide bonds. The van der Waals surface area contributed by atoms with Gasteiger partial charge in [-0.3, -0.25) is 4.79 Å². The van der Waals surface area contributed by atoms with E-state index in [9.17, 15) is 15.0 Å². The predicted octanol–water partition coefficient (Wildman–Crippen LogP) is 2.21. The summed E-state index contributed by atoms with van der Waals surface area (Å²) < 4.78 is 0. The summed E-state index contributed by atoms with van der Waals surface area (Å²) in [5.41, 5.74) is -0.339. The van der Waals surface area contributed by atoms with Gasteiger partial charge in [0.15, 0.2) is 5.78 Å². The van der Waals surface area contributed by atoms with Crippen molar-refractivity contribution in [3.8, 4) is 0 Å². The van der Waals surface area contributed by atoms with Crippen molar-refractivity contribution in [2.45, 2.75) is 64.6 Å². The number of hydrogen-bond donors (Lipinski definition) is 2. The van der Waals surface area contributed by atoms with Gasteiger partial charge in [0.2, 0.25) is 0 Å². The van der Waals surface area contributed by atoms with Gasteiger partial charge in [-0.15, -0.1) is 0 Å². The summed E-state index contributed by atoms with van der Waals surface area (Å²) in [6.45, 7) is 7.54. The fourth-order valence-corrected chi connectivity index (χ4v) is 3.80. The molecule has 0 spiro atoms. The Hall–Kier alpha value is -0.670. The SMILES string of the molecule is CC(C)=C1C[C@]2(O)[C@@H](CC[C@@H]2C)[C@@](C)(O)CC1=O. The fourth-order valence-electron chi connectivity index (χ4n) is 3.80. The highest BCUT2D eigenvalue weighted by Gasteiger charge is 2.56. The maximum absolute atomic E-state index is 12.2. The summed E-state index contributed by atoms with van der Waals surface area (Å²) in [5, 5.41) is 21.6. The molecule has 0 unspecified atom stereocenters. The Balaban J connectivity index is 2.51. The number of aliphatic hydroxyl groups is 2. The monoisotopic (exact) mass is 252 g/mol. The molecule has 0 aromatic carbocycles. The van der Waals surface area contributed by atoms with Gasteiger partial charge < -0.3 is 10.2 Å². The van der Waals surface area contributed by atoms with E-state index in [1.807, 2.05) is 20.8 Å². The van der Waals surface area contributed by atoms with Crippen molar-refractivity contribution in [2.24, 2.45) is 11.8 Å². The minimum absolute atomic E-state index is 0.00461. The van der Waals surface area contributed by atoms with Crippen LogP contribution in [0.15, 0.2) is 11.1 Å². The van der Waals surface area contributed by atoms with Crippen LogP contribution in [0.1, 0.15) is 53.4 Å². The van der Waals surface area contributed by atoms with Gasteiger partial charge in [0, 0.05) is 18.8 Å². The van der Waals surface area contributed by atoms with Crippen LogP contribution in [0.4, 0.5) is 0 Å². The third kappa shape index (κ3) is 1.94. The summed E-state index contributed by atoms with van der Waals surface area (Å²) >= 11 is 0. The Morgan fingerprint density at radius 1 is 1.22 bits per heavy atom. The molecule has 0 aromatic rings. The lowest BCUT2D eigenvalue weighted by Gasteiger charge is -2.39. The van der Waals surface area contributed by atoms with Gasteiger partial charge >= 0.3 is 0 Å². The first kappa shape index (κ1) is 13.8. The predicted molar refractivity (Wildman–Crippen MR) is 70.1 cm³/mol. The lowest BCUT2D eigenvalue weighted by Crippen LogP contribution is -2.48. The molecule has 18 heavy (non-hydrogen) atoms. The van der Waals surface area contributed by atoms with Gasteiger partial charge in [-0.05, 0) is 45.1 Å². The average Bonchev–Trinajstić information content (AvgIpc) is 2.47. The van der Waals surface area contributed by atoms with E-state index in [-0.39, 0.29) is 24.0 Å². The first-order valence-electron chi connectivity index (χ1n) is 6.83. The molecule has 0 radical (unpaired) electrons. The Labute approximate surface area is 109 Å². The molecule has 2 aliphatic rings. The van der Waals surface area contributed by atoms with Gasteiger partial charge in [0.05, 0.1) is 11.2 Å². The molecule has 102 valence electrons. The molecule has 4 atom stereocenters. The van der Waals surface area contributed by atoms with Gasteiger partial charge in [0.25, 0.3) is 0 Å². The van der Waals surface area contributed by atoms with E-state index >= 15 is 0 Å². The standard InChI is InChI=1S/C15H24O3/c1-9(2)11-7-15(18)10(3)5-6-13(15)14(4,17)8-12(11)16/h10,13,17-18H,5-8H2,1-4H3/t10-,13-,14-,15+/m0/s1. The molecule has 0 aromatic heterocycles. The lowest BCUT2D eigenvalue weighted by molar-refractivity contribution is -0.127. The highest BCUT2D eigenvalue weighted by atomic mass is 16.3. The maximum atomic E-state index is 12.2. The van der Waals surface area contributed by atoms with Crippen molar-refractivity contribution < 1.29 is 15.0 Å². The van der Waals surface area contributed by atoms with Crippen molar-refractivity contribution in [3.05, 3.63) is 11.1 Å². The van der Waals surface area contributed by atoms with Crippen LogP contribution in [0.5, 0.6) is 0 Å². The fraction of sp³-hybridized carbons (Fsp3) is 0.800. The Morgan fingerprint density at radius 2 is 1.83 bits per heavy atom. The Morgan fingerprint density at radius 3 is 2.39 bits per heavy atom. The quantitative estimate of drug-likeness (QED) is 0.650. The smallest absolute Gasteiger partial charge is 0.161 e. The van der Waals surface area contributed by atoms with Crippen LogP contribution in [0.2, 0.25) is 0 Å². The molecular weight excluding hydrogens is 228 g/mol. The van der Waals surface area contributed by atoms with Crippen LogP contribution >= 0.6 is 0 Å². The van der Waals surface area contributed by atoms with Crippen molar-refractivity contribution in [1.82, 2.24) is 0 Å². The third-order valence-electron chi connectivity index (χ3n) is 5.01. The van der Waals surface area contributed by atoms with E-state index in [0.29, 0.717) is 12.0 Å². The van der Waals surface area contributed by atoms with Crippen LogP contribution in [0.25, 0.3) is 0 Å². The van der Waals surface area contributed by atoms with Crippen molar-refractivity contribution >= 4 is 5.78 Å². The van der Waals surface area contributed by atoms with Crippen molar-refractivity contribution in [1.29, 1.82) is 0 Å². The number of rotatable bonds is 0. The van der Waals surface area contributed by atoms with Crippen LogP contribution in [-0.4, -0.2) is 27.2 Å². The second-order valence-electron chi connectivity index (χ2n) is 6.63. The number of carbonyl (C=O) groups is 1. The van der Waals surface area contributed by atoms with E-state index in [0.717, 1.165) is 18.4 Å². The highest BCUT2D eigenvalue weighted by molar-refractivity contribution is 5.97. The molecule has 2 N–H and O–H groups in total. The largest absolute Gasteiger partial charge is 0.389 e. The van der Waals surface area contributed by atoms with Crippen LogP contribution < -0.4 is 0 Å². The molecule has 0 bridgehead atoms. The zero-order chi connectivity index (χ0) is 13.7. The van der Waals surface area contributed by atoms with Gasteiger partial charge in [0.1, 0.15) is 0 Å². The Bertz CT molecular complexity index is 404. The first-order valence-corrected chi connectivity index (χ1v) is 6.83. The summed E-state index contributed by atoms with van der Waals surface area (Å²) in [5.74, 6) is -0.0648. The number of carbonyl (C=O) groups excluding carboxylic acids is 1. The maximum Gasteiger partial charge on any atom is 0.161 e. The van der Waals surface area contributed by atoms with Gasteiger partial charge in [-0.2, -0.15) is 0 Å². The van der Waals surface area contributed by atoms with Gasteiger partial charge in [-0.1, -0.05) is 12.5 Å². The highest BCUT2D eigenvalue weighted by Crippen LogP contribution is 2.52. The minimum Gasteiger partial charge on any atom is -0.389 e. The van der Waals surface area contributed by atoms with Crippen LogP contribution in [0.3, 0.4) is 0 Å². The molecule has 0 heterocycles. The topological polar surface area (TPSA) is 57.5 Å². The molecule has 0 aliphatic heterocycles. The zero-order valence-corrected chi connectivity index (χ0v) is 11.8. The number of hydrogen-bond acceptors (Lipinski definition) is 3. The van der Waals surface area contributed by atoms with E-state index in [1.54, 1.807) is 6.92 Å². The van der Waals surface area contributed by atoms with E-state index in [1.165, 1.54) is 0 Å². The molecule has 0 saturated heterocycles. The first-order chi connectivity index (χ1) is 8.18. The summed E-state index contributed by atoms with van der Waals surface area (Å²) in [6.07, 6.45) is 2.25. The van der Waals surface area contributed by atoms with Crippen molar-refractivity contribution in [2.75, 3.05) is 0 Å². The number of allylic oxidation sites excluding steroid dienone is 1. The van der Waals surface area contributed by atoms with E-state index in [4.69, 9.17) is 0 Å². The van der Waals surface area contributed by atoms with Crippen LogP contribution in [0, 0.1) is 11.8 Å². The second kappa shape index (κ2) is 4.17. The molecule has 2 fully saturated rings. The molecule has 2 saturated carbocycles. The average molecular weight is 252 g/mol. The second-order valence-corrected chi connectivity index (χ2v) is 6.63. The van der Waals surface area contributed by atoms with E-state index < -0.39 is 11.2 Å². The van der Waals surface area contributed by atoms with Gasteiger partial charge in [-0.25, -0.2) is 0 Å². The molecule has 2 aliphatic carbocycles. The molecule has 2 rings (SSSR count). The Kier molecular flexibility index (Phi) is 3.19. The van der Waals surface area contributed by atoms with Crippen molar-refractivity contribution in [3.63, 3.8) is 0 Å². The minimum atomic E-state index is -1.09. The molecule has 3 nitrogen and oxygen atoms in total. The van der Waals surface area contributed by atoms with Crippen LogP contribution in [-0.2, 0) is 4.79 Å². The van der Waals surface area contributed by atoms with E-state index in [2.05, 4.69) is 0 Å². The summed E-state index contributed by atoms with van der Waals surface area (Å²) in [4.78, 5) is 12.2.